The molecule has 1 fully saturated rings. The maximum atomic E-state index is 12.4. The zero-order valence-corrected chi connectivity index (χ0v) is 11.8. The minimum Gasteiger partial charge on any atom is -0.347 e. The van der Waals surface area contributed by atoms with E-state index in [1.165, 1.54) is 4.90 Å². The van der Waals surface area contributed by atoms with Crippen molar-refractivity contribution in [2.24, 2.45) is 0 Å². The Bertz CT molecular complexity index is 500. The molecule has 0 aliphatic carbocycles. The molecule has 0 radical (unpaired) electrons. The van der Waals surface area contributed by atoms with Crippen molar-refractivity contribution in [3.8, 4) is 0 Å². The fourth-order valence-corrected chi connectivity index (χ4v) is 2.84. The minimum absolute atomic E-state index is 0.0811. The van der Waals surface area contributed by atoms with Gasteiger partial charge in [-0.15, -0.1) is 0 Å². The van der Waals surface area contributed by atoms with E-state index in [1.54, 1.807) is 11.2 Å². The van der Waals surface area contributed by atoms with Gasteiger partial charge in [0.25, 0.3) is 5.91 Å². The number of hydrogen-bond acceptors (Lipinski definition) is 4. The lowest BCUT2D eigenvalue weighted by Gasteiger charge is -2.25. The van der Waals surface area contributed by atoms with Crippen LogP contribution in [0.4, 0.5) is 4.79 Å². The summed E-state index contributed by atoms with van der Waals surface area (Å²) in [5, 5.41) is 0. The molecular formula is C13H19N5O2. The van der Waals surface area contributed by atoms with E-state index in [0.29, 0.717) is 19.5 Å². The highest BCUT2D eigenvalue weighted by molar-refractivity contribution is 6.04. The second-order valence-corrected chi connectivity index (χ2v) is 5.60. The van der Waals surface area contributed by atoms with Crippen molar-refractivity contribution in [1.82, 2.24) is 24.7 Å². The van der Waals surface area contributed by atoms with Crippen molar-refractivity contribution in [1.29, 1.82) is 0 Å². The van der Waals surface area contributed by atoms with Crippen LogP contribution in [0.25, 0.3) is 0 Å². The average Bonchev–Trinajstić information content (AvgIpc) is 2.95. The van der Waals surface area contributed by atoms with Gasteiger partial charge < -0.3 is 14.8 Å². The van der Waals surface area contributed by atoms with Crippen molar-refractivity contribution >= 4 is 11.9 Å². The molecule has 3 rings (SSSR count). The van der Waals surface area contributed by atoms with Crippen molar-refractivity contribution in [2.45, 2.75) is 25.4 Å². The van der Waals surface area contributed by atoms with Gasteiger partial charge in [-0.05, 0) is 27.1 Å². The maximum absolute atomic E-state index is 12.4. The molecule has 2 aliphatic rings. The highest BCUT2D eigenvalue weighted by Gasteiger charge is 2.47. The third-order valence-corrected chi connectivity index (χ3v) is 3.91. The molecule has 1 aromatic heterocycles. The lowest BCUT2D eigenvalue weighted by molar-refractivity contribution is -0.128. The van der Waals surface area contributed by atoms with Crippen LogP contribution in [-0.2, 0) is 17.8 Å². The number of nitrogens with one attached hydrogen (secondary N) is 1. The number of aromatic nitrogens is 2. The lowest BCUT2D eigenvalue weighted by Crippen LogP contribution is -2.40. The molecule has 1 unspecified atom stereocenters. The zero-order chi connectivity index (χ0) is 14.3. The third kappa shape index (κ3) is 2.07. The van der Waals surface area contributed by atoms with E-state index in [4.69, 9.17) is 0 Å². The molecule has 0 aromatic carbocycles. The van der Waals surface area contributed by atoms with Gasteiger partial charge in [-0.25, -0.2) is 9.78 Å². The number of urea groups is 1. The van der Waals surface area contributed by atoms with Gasteiger partial charge >= 0.3 is 6.03 Å². The summed E-state index contributed by atoms with van der Waals surface area (Å²) in [6.07, 6.45) is 2.94. The molecule has 3 amide bonds. The average molecular weight is 277 g/mol. The summed E-state index contributed by atoms with van der Waals surface area (Å²) < 4.78 is 0. The van der Waals surface area contributed by atoms with Crippen LogP contribution in [0.3, 0.4) is 0 Å². The Morgan fingerprint density at radius 3 is 3.00 bits per heavy atom. The topological polar surface area (TPSA) is 72.5 Å². The Labute approximate surface area is 117 Å². The van der Waals surface area contributed by atoms with Crippen LogP contribution in [-0.4, -0.2) is 69.8 Å². The highest BCUT2D eigenvalue weighted by Crippen LogP contribution is 2.28. The summed E-state index contributed by atoms with van der Waals surface area (Å²) in [4.78, 5) is 37.1. The van der Waals surface area contributed by atoms with Gasteiger partial charge in [0.15, 0.2) is 0 Å². The Hall–Kier alpha value is -1.89. The van der Waals surface area contributed by atoms with Gasteiger partial charge in [-0.1, -0.05) is 0 Å². The number of H-pyrrole nitrogens is 1. The molecule has 7 heteroatoms. The maximum Gasteiger partial charge on any atom is 0.327 e. The molecule has 1 saturated heterocycles. The molecule has 108 valence electrons. The fourth-order valence-electron chi connectivity index (χ4n) is 2.84. The van der Waals surface area contributed by atoms with Crippen molar-refractivity contribution < 1.29 is 9.59 Å². The molecular weight excluding hydrogens is 258 g/mol. The molecule has 3 heterocycles. The predicted octanol–water partition coefficient (Wildman–Crippen LogP) is 0.0503. The van der Waals surface area contributed by atoms with E-state index < -0.39 is 0 Å². The standard InChI is InChI=1S/C13H19N5O2/c1-16(2)4-3-5-17-12(19)11-6-9-10(15-8-14-9)7-18(11)13(17)20/h8,11H,3-7H2,1-2H3,(H,14,15). The summed E-state index contributed by atoms with van der Waals surface area (Å²) in [5.41, 5.74) is 1.85. The van der Waals surface area contributed by atoms with Crippen molar-refractivity contribution in [3.63, 3.8) is 0 Å². The molecule has 1 aromatic rings. The van der Waals surface area contributed by atoms with Crippen LogP contribution in [0.5, 0.6) is 0 Å². The first-order valence-corrected chi connectivity index (χ1v) is 6.85. The van der Waals surface area contributed by atoms with E-state index in [-0.39, 0.29) is 18.0 Å². The molecule has 1 N–H and O–H groups in total. The van der Waals surface area contributed by atoms with E-state index in [9.17, 15) is 9.59 Å². The van der Waals surface area contributed by atoms with Gasteiger partial charge in [-0.3, -0.25) is 9.69 Å². The Balaban J connectivity index is 1.71. The molecule has 0 spiro atoms. The number of amides is 3. The number of rotatable bonds is 4. The van der Waals surface area contributed by atoms with Gasteiger partial charge in [0.2, 0.25) is 0 Å². The number of aromatic amines is 1. The van der Waals surface area contributed by atoms with Gasteiger partial charge in [0.05, 0.1) is 24.3 Å². The first kappa shape index (κ1) is 13.1. The molecule has 0 bridgehead atoms. The van der Waals surface area contributed by atoms with Crippen LogP contribution >= 0.6 is 0 Å². The Morgan fingerprint density at radius 2 is 2.25 bits per heavy atom. The Kier molecular flexibility index (Phi) is 3.21. The second kappa shape index (κ2) is 4.90. The summed E-state index contributed by atoms with van der Waals surface area (Å²) in [7, 11) is 3.96. The molecule has 20 heavy (non-hydrogen) atoms. The number of nitrogens with zero attached hydrogens (tertiary/aromatic N) is 4. The zero-order valence-electron chi connectivity index (χ0n) is 11.8. The molecule has 7 nitrogen and oxygen atoms in total. The SMILES string of the molecule is CN(C)CCCN1C(=O)C2Cc3nc[nH]c3CN2C1=O. The number of carbonyl (C=O) groups is 2. The number of imidazole rings is 1. The summed E-state index contributed by atoms with van der Waals surface area (Å²) in [6, 6.07) is -0.531. The normalized spacial score (nSPS) is 21.6. The number of hydrogen-bond donors (Lipinski definition) is 1. The summed E-state index contributed by atoms with van der Waals surface area (Å²) in [5.74, 6) is -0.0811. The van der Waals surface area contributed by atoms with Crippen molar-refractivity contribution in [3.05, 3.63) is 17.7 Å². The van der Waals surface area contributed by atoms with Crippen LogP contribution in [0.1, 0.15) is 17.8 Å². The minimum atomic E-state index is -0.363. The summed E-state index contributed by atoms with van der Waals surface area (Å²) >= 11 is 0. The van der Waals surface area contributed by atoms with Crippen molar-refractivity contribution in [2.75, 3.05) is 27.2 Å². The number of imide groups is 1. The monoisotopic (exact) mass is 277 g/mol. The fraction of sp³-hybridized carbons (Fsp3) is 0.615. The molecule has 2 aliphatic heterocycles. The lowest BCUT2D eigenvalue weighted by atomic mass is 10.0. The van der Waals surface area contributed by atoms with Crippen LogP contribution in [0.15, 0.2) is 6.33 Å². The van der Waals surface area contributed by atoms with E-state index in [0.717, 1.165) is 24.4 Å². The second-order valence-electron chi connectivity index (χ2n) is 5.60. The Morgan fingerprint density at radius 1 is 1.45 bits per heavy atom. The third-order valence-electron chi connectivity index (χ3n) is 3.91. The number of fused-ring (bicyclic) bond motifs is 2. The first-order valence-electron chi connectivity index (χ1n) is 6.85. The predicted molar refractivity (Wildman–Crippen MR) is 71.9 cm³/mol. The smallest absolute Gasteiger partial charge is 0.327 e. The van der Waals surface area contributed by atoms with Crippen LogP contribution < -0.4 is 0 Å². The molecule has 1 atom stereocenters. The molecule has 0 saturated carbocycles. The summed E-state index contributed by atoms with van der Waals surface area (Å²) in [6.45, 7) is 1.81. The highest BCUT2D eigenvalue weighted by atomic mass is 16.2. The van der Waals surface area contributed by atoms with Gasteiger partial charge in [0.1, 0.15) is 6.04 Å². The van der Waals surface area contributed by atoms with E-state index in [2.05, 4.69) is 9.97 Å². The van der Waals surface area contributed by atoms with E-state index >= 15 is 0 Å². The largest absolute Gasteiger partial charge is 0.347 e. The quantitative estimate of drug-likeness (QED) is 0.789. The van der Waals surface area contributed by atoms with Gasteiger partial charge in [-0.2, -0.15) is 0 Å². The van der Waals surface area contributed by atoms with E-state index in [1.807, 2.05) is 19.0 Å². The number of carbonyl (C=O) groups excluding carboxylic acids is 2. The van der Waals surface area contributed by atoms with Crippen LogP contribution in [0.2, 0.25) is 0 Å². The van der Waals surface area contributed by atoms with Gasteiger partial charge in [0, 0.05) is 13.0 Å². The first-order chi connectivity index (χ1) is 9.58. The van der Waals surface area contributed by atoms with Crippen LogP contribution in [0, 0.1) is 0 Å².